The number of phenolic OH excluding ortho intramolecular Hbond substituents is 1. The first-order valence-electron chi connectivity index (χ1n) is 10.2. The Bertz CT molecular complexity index is 1390. The summed E-state index contributed by atoms with van der Waals surface area (Å²) in [6, 6.07) is 21.3. The minimum Gasteiger partial charge on any atom is -0.507 e. The number of rotatable bonds is 7. The van der Waals surface area contributed by atoms with Gasteiger partial charge in [0.1, 0.15) is 12.4 Å². The number of methoxy groups -OCH3 is 1. The molecule has 0 aromatic heterocycles. The number of benzene rings is 4. The Morgan fingerprint density at radius 3 is 2.44 bits per heavy atom. The van der Waals surface area contributed by atoms with E-state index in [0.29, 0.717) is 27.1 Å². The van der Waals surface area contributed by atoms with Crippen molar-refractivity contribution in [2.45, 2.75) is 6.61 Å². The van der Waals surface area contributed by atoms with Crippen molar-refractivity contribution in [3.63, 3.8) is 0 Å². The molecule has 0 aliphatic heterocycles. The fourth-order valence-corrected chi connectivity index (χ4v) is 3.82. The molecule has 4 aromatic rings. The minimum atomic E-state index is -0.544. The summed E-state index contributed by atoms with van der Waals surface area (Å²) in [7, 11) is 1.50. The Kier molecular flexibility index (Phi) is 7.21. The number of aromatic hydroxyl groups is 1. The van der Waals surface area contributed by atoms with Crippen LogP contribution in [-0.2, 0) is 6.61 Å². The topological polar surface area (TPSA) is 80.2 Å². The third-order valence-electron chi connectivity index (χ3n) is 5.07. The lowest BCUT2D eigenvalue weighted by Gasteiger charge is -2.14. The zero-order valence-corrected chi connectivity index (χ0v) is 19.6. The molecule has 0 bridgehead atoms. The number of hydrogen-bond donors (Lipinski definition) is 2. The zero-order chi connectivity index (χ0) is 24.1. The van der Waals surface area contributed by atoms with Crippen LogP contribution < -0.4 is 14.9 Å². The summed E-state index contributed by atoms with van der Waals surface area (Å²) in [5, 5.41) is 16.8. The predicted octanol–water partition coefficient (Wildman–Crippen LogP) is 6.20. The highest BCUT2D eigenvalue weighted by molar-refractivity contribution is 6.32. The van der Waals surface area contributed by atoms with Gasteiger partial charge in [-0.3, -0.25) is 4.79 Å². The van der Waals surface area contributed by atoms with Gasteiger partial charge in [-0.05, 0) is 46.7 Å². The number of phenols is 1. The molecule has 172 valence electrons. The van der Waals surface area contributed by atoms with Crippen LogP contribution >= 0.6 is 23.2 Å². The van der Waals surface area contributed by atoms with Crippen molar-refractivity contribution in [3.8, 4) is 17.2 Å². The maximum Gasteiger partial charge on any atom is 0.275 e. The number of carbonyl (C=O) groups is 1. The second-order valence-corrected chi connectivity index (χ2v) is 8.14. The molecule has 2 N–H and O–H groups in total. The molecule has 0 heterocycles. The van der Waals surface area contributed by atoms with E-state index >= 15 is 0 Å². The molecule has 0 spiro atoms. The number of hydrazone groups is 1. The molecule has 4 rings (SSSR count). The number of hydrogen-bond acceptors (Lipinski definition) is 5. The van der Waals surface area contributed by atoms with Crippen molar-refractivity contribution in [1.82, 2.24) is 5.43 Å². The van der Waals surface area contributed by atoms with Gasteiger partial charge >= 0.3 is 0 Å². The van der Waals surface area contributed by atoms with Crippen LogP contribution in [-0.4, -0.2) is 24.3 Å². The van der Waals surface area contributed by atoms with Crippen LogP contribution in [0.2, 0.25) is 10.0 Å². The molecule has 4 aromatic carbocycles. The van der Waals surface area contributed by atoms with Crippen LogP contribution in [0.15, 0.2) is 77.9 Å². The van der Waals surface area contributed by atoms with Crippen molar-refractivity contribution < 1.29 is 19.4 Å². The smallest absolute Gasteiger partial charge is 0.275 e. The van der Waals surface area contributed by atoms with Crippen LogP contribution in [0.25, 0.3) is 10.8 Å². The normalized spacial score (nSPS) is 11.0. The molecule has 0 fully saturated rings. The average Bonchev–Trinajstić information content (AvgIpc) is 2.83. The number of nitrogens with one attached hydrogen (secondary N) is 1. The van der Waals surface area contributed by atoms with Gasteiger partial charge < -0.3 is 14.6 Å². The molecule has 0 aliphatic rings. The van der Waals surface area contributed by atoms with Gasteiger partial charge in [0.15, 0.2) is 11.5 Å². The van der Waals surface area contributed by atoms with E-state index in [1.165, 1.54) is 13.3 Å². The second-order valence-electron chi connectivity index (χ2n) is 7.33. The molecule has 0 atom stereocenters. The van der Waals surface area contributed by atoms with Crippen LogP contribution in [0.3, 0.4) is 0 Å². The van der Waals surface area contributed by atoms with E-state index < -0.39 is 5.91 Å². The molecule has 0 saturated heterocycles. The van der Waals surface area contributed by atoms with Crippen LogP contribution in [0.4, 0.5) is 0 Å². The summed E-state index contributed by atoms with van der Waals surface area (Å²) >= 11 is 12.6. The van der Waals surface area contributed by atoms with Crippen molar-refractivity contribution in [1.29, 1.82) is 0 Å². The number of nitrogens with zero attached hydrogens (tertiary/aromatic N) is 1. The molecule has 34 heavy (non-hydrogen) atoms. The summed E-state index contributed by atoms with van der Waals surface area (Å²) in [6.45, 7) is 0.217. The van der Waals surface area contributed by atoms with E-state index in [2.05, 4.69) is 10.5 Å². The lowest BCUT2D eigenvalue weighted by molar-refractivity contribution is 0.0952. The van der Waals surface area contributed by atoms with Crippen molar-refractivity contribution in [2.75, 3.05) is 7.11 Å². The molecular weight excluding hydrogens is 475 g/mol. The fraction of sp³-hybridized carbons (Fsp3) is 0.0769. The maximum atomic E-state index is 12.5. The summed E-state index contributed by atoms with van der Waals surface area (Å²) in [5.74, 6) is 0.0965. The summed E-state index contributed by atoms with van der Waals surface area (Å²) in [6.07, 6.45) is 1.42. The van der Waals surface area contributed by atoms with E-state index in [1.807, 2.05) is 42.5 Å². The average molecular weight is 495 g/mol. The lowest BCUT2D eigenvalue weighted by atomic mass is 10.1. The van der Waals surface area contributed by atoms with Crippen LogP contribution in [0.5, 0.6) is 17.2 Å². The van der Waals surface area contributed by atoms with Gasteiger partial charge in [0.2, 0.25) is 0 Å². The Labute approximate surface area is 206 Å². The predicted molar refractivity (Wildman–Crippen MR) is 134 cm³/mol. The van der Waals surface area contributed by atoms with E-state index in [1.54, 1.807) is 30.3 Å². The monoisotopic (exact) mass is 494 g/mol. The summed E-state index contributed by atoms with van der Waals surface area (Å²) < 4.78 is 11.3. The first kappa shape index (κ1) is 23.4. The molecule has 0 saturated carbocycles. The lowest BCUT2D eigenvalue weighted by Crippen LogP contribution is -2.17. The first-order chi connectivity index (χ1) is 16.5. The van der Waals surface area contributed by atoms with Crippen molar-refractivity contribution >= 4 is 46.1 Å². The Morgan fingerprint density at radius 1 is 1.00 bits per heavy atom. The third-order valence-corrected chi connectivity index (χ3v) is 5.72. The van der Waals surface area contributed by atoms with E-state index in [0.717, 1.165) is 16.3 Å². The standard InChI is InChI=1S/C26H20Cl2N2O4/c1-33-24-11-16(10-22(28)25(24)34-15-19-8-4-5-9-21(19)27)14-29-30-26(32)20-12-17-6-2-3-7-18(17)13-23(20)31/h2-14,31H,15H2,1H3,(H,30,32). The first-order valence-corrected chi connectivity index (χ1v) is 11.0. The molecule has 8 heteroatoms. The molecule has 0 aliphatic carbocycles. The van der Waals surface area contributed by atoms with Gasteiger partial charge in [0.25, 0.3) is 5.91 Å². The van der Waals surface area contributed by atoms with Gasteiger partial charge in [0, 0.05) is 10.6 Å². The Hall–Kier alpha value is -3.74. The van der Waals surface area contributed by atoms with Crippen LogP contribution in [0.1, 0.15) is 21.5 Å². The molecule has 6 nitrogen and oxygen atoms in total. The van der Waals surface area contributed by atoms with Gasteiger partial charge in [-0.15, -0.1) is 0 Å². The van der Waals surface area contributed by atoms with Crippen molar-refractivity contribution in [2.24, 2.45) is 5.10 Å². The molecule has 0 unspecified atom stereocenters. The quantitative estimate of drug-likeness (QED) is 0.236. The summed E-state index contributed by atoms with van der Waals surface area (Å²) in [5.41, 5.74) is 3.93. The molecule has 0 radical (unpaired) electrons. The van der Waals surface area contributed by atoms with Crippen molar-refractivity contribution in [3.05, 3.63) is 99.5 Å². The second kappa shape index (κ2) is 10.5. The maximum absolute atomic E-state index is 12.5. The number of amides is 1. The van der Waals surface area contributed by atoms with E-state index in [-0.39, 0.29) is 17.9 Å². The van der Waals surface area contributed by atoms with E-state index in [4.69, 9.17) is 32.7 Å². The Morgan fingerprint density at radius 2 is 1.71 bits per heavy atom. The van der Waals surface area contributed by atoms with Crippen LogP contribution in [0, 0.1) is 0 Å². The third kappa shape index (κ3) is 5.25. The number of halogens is 2. The molecular formula is C26H20Cl2N2O4. The number of ether oxygens (including phenoxy) is 2. The highest BCUT2D eigenvalue weighted by atomic mass is 35.5. The number of carbonyl (C=O) groups excluding carboxylic acids is 1. The summed E-state index contributed by atoms with van der Waals surface area (Å²) in [4.78, 5) is 12.5. The Balaban J connectivity index is 1.48. The van der Waals surface area contributed by atoms with Gasteiger partial charge in [0.05, 0.1) is 23.9 Å². The zero-order valence-electron chi connectivity index (χ0n) is 18.1. The molecule has 1 amide bonds. The van der Waals surface area contributed by atoms with Gasteiger partial charge in [-0.1, -0.05) is 65.7 Å². The minimum absolute atomic E-state index is 0.120. The highest BCUT2D eigenvalue weighted by Crippen LogP contribution is 2.37. The van der Waals surface area contributed by atoms with E-state index in [9.17, 15) is 9.90 Å². The van der Waals surface area contributed by atoms with Gasteiger partial charge in [-0.2, -0.15) is 5.10 Å². The van der Waals surface area contributed by atoms with Gasteiger partial charge in [-0.25, -0.2) is 5.43 Å². The highest BCUT2D eigenvalue weighted by Gasteiger charge is 2.14. The largest absolute Gasteiger partial charge is 0.507 e. The number of fused-ring (bicyclic) bond motifs is 1. The SMILES string of the molecule is COc1cc(C=NNC(=O)c2cc3ccccc3cc2O)cc(Cl)c1OCc1ccccc1Cl. The fourth-order valence-electron chi connectivity index (χ4n) is 3.36.